The predicted molar refractivity (Wildman–Crippen MR) is 264 cm³/mol. The Balaban J connectivity index is 0.721. The van der Waals surface area contributed by atoms with Gasteiger partial charge >= 0.3 is 0 Å². The molecule has 0 aliphatic carbocycles. The molecule has 0 radical (unpaired) electrons. The number of alkyl halides is 1. The monoisotopic (exact) mass is 1020 g/mol. The summed E-state index contributed by atoms with van der Waals surface area (Å²) < 4.78 is 42.8. The minimum absolute atomic E-state index is 0.0903. The van der Waals surface area contributed by atoms with Gasteiger partial charge in [-0.05, 0) is 102 Å². The maximum Gasteiger partial charge on any atom is 0.258 e. The van der Waals surface area contributed by atoms with Gasteiger partial charge in [0.25, 0.3) is 11.8 Å². The van der Waals surface area contributed by atoms with E-state index in [9.17, 15) is 18.0 Å². The molecule has 1 unspecified atom stereocenters. The summed E-state index contributed by atoms with van der Waals surface area (Å²) in [5.41, 5.74) is 6.99. The predicted octanol–water partition coefficient (Wildman–Crippen LogP) is 6.64. The molecule has 1 fully saturated rings. The van der Waals surface area contributed by atoms with Gasteiger partial charge in [0.05, 0.1) is 66.5 Å². The molecule has 16 nitrogen and oxygen atoms in total. The van der Waals surface area contributed by atoms with Crippen molar-refractivity contribution in [2.75, 3.05) is 82.8 Å². The number of carbonyl (C=O) groups is 2. The van der Waals surface area contributed by atoms with Crippen molar-refractivity contribution in [3.05, 3.63) is 136 Å². The molecule has 8 rings (SSSR count). The van der Waals surface area contributed by atoms with Gasteiger partial charge in [-0.15, -0.1) is 16.7 Å². The minimum Gasteiger partial charge on any atom is -0.491 e. The average Bonchev–Trinajstić information content (AvgIpc) is 3.81. The van der Waals surface area contributed by atoms with E-state index in [0.29, 0.717) is 61.7 Å². The maximum absolute atomic E-state index is 12.9. The topological polar surface area (TPSA) is 182 Å². The van der Waals surface area contributed by atoms with E-state index in [2.05, 4.69) is 51.3 Å². The summed E-state index contributed by atoms with van der Waals surface area (Å²) in [6.45, 7) is 8.43. The number of ether oxygens (including phenoxy) is 3. The molecule has 19 heteroatoms. The van der Waals surface area contributed by atoms with Crippen molar-refractivity contribution in [3.63, 3.8) is 0 Å². The van der Waals surface area contributed by atoms with Crippen LogP contribution in [-0.4, -0.2) is 134 Å². The van der Waals surface area contributed by atoms with Gasteiger partial charge < -0.3 is 24.4 Å². The number of nitrogens with one attached hydrogen (secondary N) is 1. The lowest BCUT2D eigenvalue weighted by atomic mass is 9.98. The molecule has 3 aromatic carbocycles. The largest absolute Gasteiger partial charge is 0.491 e. The fourth-order valence-electron chi connectivity index (χ4n) is 7.97. The van der Waals surface area contributed by atoms with Crippen molar-refractivity contribution in [1.82, 2.24) is 35.4 Å². The highest BCUT2D eigenvalue weighted by atomic mass is 79.9. The average molecular weight is 1030 g/mol. The van der Waals surface area contributed by atoms with Gasteiger partial charge in [-0.2, -0.15) is 10.2 Å². The Morgan fingerprint density at radius 2 is 1.57 bits per heavy atom. The third-order valence-electron chi connectivity index (χ3n) is 11.7. The van der Waals surface area contributed by atoms with Crippen molar-refractivity contribution >= 4 is 71.7 Å². The number of aromatic nitrogens is 4. The van der Waals surface area contributed by atoms with Crippen LogP contribution in [0.2, 0.25) is 0 Å². The third-order valence-corrected chi connectivity index (χ3v) is 13.6. The number of pyridine rings is 2. The minimum atomic E-state index is -3.48. The van der Waals surface area contributed by atoms with E-state index in [1.165, 1.54) is 11.1 Å². The third kappa shape index (κ3) is 12.4. The van der Waals surface area contributed by atoms with Gasteiger partial charge in [0, 0.05) is 67.2 Å². The van der Waals surface area contributed by atoms with Crippen molar-refractivity contribution in [2.45, 2.75) is 30.8 Å². The van der Waals surface area contributed by atoms with Gasteiger partial charge in [0.1, 0.15) is 29.6 Å². The summed E-state index contributed by atoms with van der Waals surface area (Å²) in [5, 5.41) is 17.5. The summed E-state index contributed by atoms with van der Waals surface area (Å²) in [6, 6.07) is 29.5. The highest BCUT2D eigenvalue weighted by Gasteiger charge is 2.32. The number of hydrogen-bond donors (Lipinski definition) is 1. The molecule has 68 heavy (non-hydrogen) atoms. The van der Waals surface area contributed by atoms with Crippen LogP contribution in [0.25, 0.3) is 22.3 Å². The Hall–Kier alpha value is -5.89. The van der Waals surface area contributed by atoms with Gasteiger partial charge in [-0.3, -0.25) is 14.5 Å². The number of amides is 2. The van der Waals surface area contributed by atoms with E-state index in [4.69, 9.17) is 30.8 Å². The Labute approximate surface area is 408 Å². The van der Waals surface area contributed by atoms with Crippen LogP contribution in [-0.2, 0) is 30.7 Å². The van der Waals surface area contributed by atoms with Gasteiger partial charge in [-0.1, -0.05) is 34.1 Å². The van der Waals surface area contributed by atoms with E-state index < -0.39 is 15.7 Å². The number of fused-ring (bicyclic) bond motifs is 1. The number of aryl methyl sites for hydroxylation is 1. The number of hydrazone groups is 1. The second-order valence-corrected chi connectivity index (χ2v) is 19.6. The summed E-state index contributed by atoms with van der Waals surface area (Å²) in [4.78, 5) is 39.8. The lowest BCUT2D eigenvalue weighted by Crippen LogP contribution is -2.47. The zero-order valence-electron chi connectivity index (χ0n) is 37.7. The van der Waals surface area contributed by atoms with Crippen LogP contribution >= 0.6 is 27.5 Å². The summed E-state index contributed by atoms with van der Waals surface area (Å²) >= 11 is 9.38. The highest BCUT2D eigenvalue weighted by Crippen LogP contribution is 2.34. The molecule has 2 aliphatic rings. The van der Waals surface area contributed by atoms with Crippen LogP contribution < -0.4 is 15.0 Å². The summed E-state index contributed by atoms with van der Waals surface area (Å²) in [7, 11) is -3.48. The van der Waals surface area contributed by atoms with Gasteiger partial charge in [-0.25, -0.2) is 23.4 Å². The number of sulfone groups is 1. The second kappa shape index (κ2) is 22.5. The first-order chi connectivity index (χ1) is 32.9. The molecule has 0 saturated carbocycles. The molecule has 354 valence electrons. The molecule has 1 atom stereocenters. The van der Waals surface area contributed by atoms with Crippen molar-refractivity contribution < 1.29 is 32.2 Å². The quantitative estimate of drug-likeness (QED) is 0.0674. The SMILES string of the molecule is Cc1ccc(C(=O)NCc2cc3nc(-c4ccnc(N5CCN(CCOCCOCCOc6ccc(C7=NN(C(=O)CCl)C(c8ccc(Br)cc8)C7)cc6)CC5)c4)ccc3nn2)cc1S(C)(=O)=O. The first kappa shape index (κ1) is 48.6. The molecule has 1 N–H and O–H groups in total. The smallest absolute Gasteiger partial charge is 0.258 e. The first-order valence-corrected chi connectivity index (χ1v) is 25.4. The van der Waals surface area contributed by atoms with Crippen LogP contribution in [0.15, 0.2) is 118 Å². The van der Waals surface area contributed by atoms with Crippen LogP contribution in [0, 0.1) is 6.92 Å². The zero-order chi connectivity index (χ0) is 47.6. The number of nitrogens with zero attached hydrogens (tertiary/aromatic N) is 8. The zero-order valence-corrected chi connectivity index (χ0v) is 40.8. The molecule has 1 saturated heterocycles. The highest BCUT2D eigenvalue weighted by molar-refractivity contribution is 9.10. The number of halogens is 2. The Morgan fingerprint density at radius 3 is 2.32 bits per heavy atom. The molecular weight excluding hydrogens is 974 g/mol. The molecule has 0 spiro atoms. The van der Waals surface area contributed by atoms with E-state index in [0.717, 1.165) is 83.1 Å². The summed E-state index contributed by atoms with van der Waals surface area (Å²) in [6.07, 6.45) is 3.51. The molecule has 0 bridgehead atoms. The van der Waals surface area contributed by atoms with Crippen LogP contribution in [0.3, 0.4) is 0 Å². The molecule has 2 aliphatic heterocycles. The van der Waals surface area contributed by atoms with Crippen molar-refractivity contribution in [2.24, 2.45) is 5.10 Å². The number of hydrogen-bond acceptors (Lipinski definition) is 14. The molecule has 6 aromatic rings. The Morgan fingerprint density at radius 1 is 0.824 bits per heavy atom. The van der Waals surface area contributed by atoms with Crippen LogP contribution in [0.5, 0.6) is 5.75 Å². The fraction of sp³-hybridized carbons (Fsp3) is 0.327. The standard InChI is InChI=1S/C49H51BrClN9O7S/c1-33-3-4-37(27-46(33)68(2,63)64)49(62)53-32-39-29-44-42(56-55-39)14-13-41(54-44)36-15-16-52-47(28-36)59-19-17-58(18-20-59)21-22-65-23-24-66-25-26-67-40-11-7-34(8-12-40)43-30-45(60(57-43)48(61)31-51)35-5-9-38(50)10-6-35/h3-16,27-29,45H,17-26,30-32H2,1-2H3,(H,53,62). The first-order valence-electron chi connectivity index (χ1n) is 22.2. The number of benzene rings is 3. The lowest BCUT2D eigenvalue weighted by Gasteiger charge is -2.35. The molecule has 2 amide bonds. The second-order valence-electron chi connectivity index (χ2n) is 16.4. The Kier molecular flexibility index (Phi) is 16.1. The number of piperazine rings is 1. The van der Waals surface area contributed by atoms with E-state index >= 15 is 0 Å². The molecular formula is C49H51BrClN9O7S. The van der Waals surface area contributed by atoms with E-state index in [-0.39, 0.29) is 34.8 Å². The number of rotatable bonds is 19. The number of carbonyl (C=O) groups excluding carboxylic acids is 2. The van der Waals surface area contributed by atoms with E-state index in [1.807, 2.05) is 72.8 Å². The van der Waals surface area contributed by atoms with Gasteiger partial charge in [0.15, 0.2) is 9.84 Å². The number of anilines is 1. The van der Waals surface area contributed by atoms with Gasteiger partial charge in [0.2, 0.25) is 0 Å². The molecule has 3 aromatic heterocycles. The van der Waals surface area contributed by atoms with Crippen molar-refractivity contribution in [1.29, 1.82) is 0 Å². The summed E-state index contributed by atoms with van der Waals surface area (Å²) in [5.74, 6) is 0.807. The normalized spacial score (nSPS) is 15.4. The Bertz CT molecular complexity index is 2890. The van der Waals surface area contributed by atoms with E-state index in [1.54, 1.807) is 31.3 Å². The fourth-order valence-corrected chi connectivity index (χ4v) is 9.35. The van der Waals surface area contributed by atoms with Crippen molar-refractivity contribution in [3.8, 4) is 17.0 Å². The van der Waals surface area contributed by atoms with Crippen LogP contribution in [0.1, 0.15) is 45.2 Å². The van der Waals surface area contributed by atoms with Crippen LogP contribution in [0.4, 0.5) is 5.82 Å². The maximum atomic E-state index is 12.9. The lowest BCUT2D eigenvalue weighted by molar-refractivity contribution is -0.130. The molecule has 5 heterocycles.